The SMILES string of the molecule is C=C(C)C=CC=C(C)[C@H]1CC=C(C)CC1. The molecule has 0 aromatic rings. The summed E-state index contributed by atoms with van der Waals surface area (Å²) in [5.74, 6) is 0.753. The van der Waals surface area contributed by atoms with E-state index in [1.54, 1.807) is 5.57 Å². The van der Waals surface area contributed by atoms with Gasteiger partial charge in [-0.05, 0) is 46.0 Å². The van der Waals surface area contributed by atoms with Crippen LogP contribution in [0, 0.1) is 5.92 Å². The Bertz CT molecular complexity index is 313. The summed E-state index contributed by atoms with van der Waals surface area (Å²) in [4.78, 5) is 0. The summed E-state index contributed by atoms with van der Waals surface area (Å²) in [6, 6.07) is 0. The third-order valence-corrected chi connectivity index (χ3v) is 3.02. The molecule has 82 valence electrons. The Kier molecular flexibility index (Phi) is 4.61. The molecule has 0 aromatic heterocycles. The molecular weight excluding hydrogens is 180 g/mol. The van der Waals surface area contributed by atoms with Gasteiger partial charge in [0, 0.05) is 0 Å². The fourth-order valence-corrected chi connectivity index (χ4v) is 1.88. The third-order valence-electron chi connectivity index (χ3n) is 3.02. The van der Waals surface area contributed by atoms with E-state index in [2.05, 4.69) is 44.7 Å². The lowest BCUT2D eigenvalue weighted by Gasteiger charge is -2.20. The van der Waals surface area contributed by atoms with Crippen LogP contribution in [0.15, 0.2) is 47.6 Å². The molecule has 0 radical (unpaired) electrons. The molecule has 0 saturated carbocycles. The molecule has 0 fully saturated rings. The van der Waals surface area contributed by atoms with Crippen molar-refractivity contribution < 1.29 is 0 Å². The maximum absolute atomic E-state index is 3.85. The summed E-state index contributed by atoms with van der Waals surface area (Å²) in [6.07, 6.45) is 12.6. The minimum absolute atomic E-state index is 0.753. The highest BCUT2D eigenvalue weighted by Gasteiger charge is 2.13. The molecular formula is C15H22. The number of hydrogen-bond donors (Lipinski definition) is 0. The van der Waals surface area contributed by atoms with Crippen LogP contribution in [0.2, 0.25) is 0 Å². The van der Waals surface area contributed by atoms with E-state index in [9.17, 15) is 0 Å². The van der Waals surface area contributed by atoms with Gasteiger partial charge in [-0.1, -0.05) is 47.6 Å². The average Bonchev–Trinajstić information content (AvgIpc) is 2.18. The molecule has 0 aromatic carbocycles. The monoisotopic (exact) mass is 202 g/mol. The lowest BCUT2D eigenvalue weighted by molar-refractivity contribution is 0.539. The van der Waals surface area contributed by atoms with Gasteiger partial charge >= 0.3 is 0 Å². The zero-order valence-electron chi connectivity index (χ0n) is 10.2. The van der Waals surface area contributed by atoms with Crippen LogP contribution in [0.25, 0.3) is 0 Å². The molecule has 0 unspecified atom stereocenters. The first kappa shape index (κ1) is 12.0. The van der Waals surface area contributed by atoms with Crippen LogP contribution in [0.1, 0.15) is 40.0 Å². The van der Waals surface area contributed by atoms with Gasteiger partial charge in [0.15, 0.2) is 0 Å². The molecule has 0 nitrogen and oxygen atoms in total. The largest absolute Gasteiger partial charge is 0.0961 e. The number of rotatable bonds is 3. The Hall–Kier alpha value is -1.04. The first-order chi connectivity index (χ1) is 7.09. The smallest absolute Gasteiger partial charge is 0.0165 e. The van der Waals surface area contributed by atoms with Gasteiger partial charge in [-0.15, -0.1) is 0 Å². The Morgan fingerprint density at radius 1 is 1.47 bits per heavy atom. The van der Waals surface area contributed by atoms with Gasteiger partial charge in [-0.25, -0.2) is 0 Å². The molecule has 0 heteroatoms. The predicted octanol–water partition coefficient (Wildman–Crippen LogP) is 4.81. The van der Waals surface area contributed by atoms with Crippen LogP contribution in [-0.4, -0.2) is 0 Å². The van der Waals surface area contributed by atoms with Gasteiger partial charge in [-0.2, -0.15) is 0 Å². The highest BCUT2D eigenvalue weighted by molar-refractivity contribution is 5.22. The van der Waals surface area contributed by atoms with Crippen molar-refractivity contribution in [3.8, 4) is 0 Å². The van der Waals surface area contributed by atoms with Crippen molar-refractivity contribution in [1.82, 2.24) is 0 Å². The Morgan fingerprint density at radius 2 is 2.20 bits per heavy atom. The zero-order valence-corrected chi connectivity index (χ0v) is 10.2. The first-order valence-corrected chi connectivity index (χ1v) is 5.75. The molecule has 1 aliphatic rings. The Balaban J connectivity index is 2.54. The normalized spacial score (nSPS) is 23.0. The molecule has 0 N–H and O–H groups in total. The van der Waals surface area contributed by atoms with Crippen molar-refractivity contribution in [2.45, 2.75) is 40.0 Å². The molecule has 0 saturated heterocycles. The molecule has 15 heavy (non-hydrogen) atoms. The maximum atomic E-state index is 3.85. The van der Waals surface area contributed by atoms with Crippen LogP contribution >= 0.6 is 0 Å². The van der Waals surface area contributed by atoms with E-state index < -0.39 is 0 Å². The summed E-state index contributed by atoms with van der Waals surface area (Å²) in [5, 5.41) is 0. The average molecular weight is 202 g/mol. The minimum Gasteiger partial charge on any atom is -0.0961 e. The topological polar surface area (TPSA) is 0 Å². The highest BCUT2D eigenvalue weighted by Crippen LogP contribution is 2.28. The molecule has 0 spiro atoms. The van der Waals surface area contributed by atoms with Crippen molar-refractivity contribution in [2.75, 3.05) is 0 Å². The molecule has 0 aliphatic heterocycles. The molecule has 1 atom stereocenters. The van der Waals surface area contributed by atoms with Gasteiger partial charge < -0.3 is 0 Å². The van der Waals surface area contributed by atoms with Gasteiger partial charge in [0.05, 0.1) is 0 Å². The van der Waals surface area contributed by atoms with Crippen LogP contribution in [0.3, 0.4) is 0 Å². The van der Waals surface area contributed by atoms with Crippen molar-refractivity contribution in [2.24, 2.45) is 5.92 Å². The van der Waals surface area contributed by atoms with E-state index in [4.69, 9.17) is 0 Å². The number of hydrogen-bond acceptors (Lipinski definition) is 0. The summed E-state index contributed by atoms with van der Waals surface area (Å²) < 4.78 is 0. The van der Waals surface area contributed by atoms with E-state index in [1.165, 1.54) is 24.8 Å². The zero-order chi connectivity index (χ0) is 11.3. The first-order valence-electron chi connectivity index (χ1n) is 5.75. The lowest BCUT2D eigenvalue weighted by atomic mass is 9.85. The fourth-order valence-electron chi connectivity index (χ4n) is 1.88. The van der Waals surface area contributed by atoms with Crippen molar-refractivity contribution in [3.63, 3.8) is 0 Å². The van der Waals surface area contributed by atoms with Crippen molar-refractivity contribution in [1.29, 1.82) is 0 Å². The molecule has 1 rings (SSSR count). The lowest BCUT2D eigenvalue weighted by Crippen LogP contribution is -2.05. The fraction of sp³-hybridized carbons (Fsp3) is 0.467. The van der Waals surface area contributed by atoms with E-state index >= 15 is 0 Å². The molecule has 0 heterocycles. The van der Waals surface area contributed by atoms with Gasteiger partial charge in [0.25, 0.3) is 0 Å². The summed E-state index contributed by atoms with van der Waals surface area (Å²) >= 11 is 0. The summed E-state index contributed by atoms with van der Waals surface area (Å²) in [6.45, 7) is 10.3. The molecule has 0 amide bonds. The van der Waals surface area contributed by atoms with Crippen molar-refractivity contribution >= 4 is 0 Å². The van der Waals surface area contributed by atoms with E-state index in [-0.39, 0.29) is 0 Å². The van der Waals surface area contributed by atoms with Gasteiger partial charge in [-0.3, -0.25) is 0 Å². The van der Waals surface area contributed by atoms with Crippen LogP contribution in [0.4, 0.5) is 0 Å². The Labute approximate surface area is 94.1 Å². The Morgan fingerprint density at radius 3 is 2.73 bits per heavy atom. The quantitative estimate of drug-likeness (QED) is 0.455. The molecule has 0 bridgehead atoms. The third kappa shape index (κ3) is 4.33. The second-order valence-corrected chi connectivity index (χ2v) is 4.64. The predicted molar refractivity (Wildman–Crippen MR) is 68.8 cm³/mol. The van der Waals surface area contributed by atoms with Gasteiger partial charge in [0.2, 0.25) is 0 Å². The number of allylic oxidation sites excluding steroid dienone is 7. The standard InChI is InChI=1S/C15H22/c1-12(2)6-5-7-14(4)15-10-8-13(3)9-11-15/h5-8,15H,1,9-11H2,2-4H3/t15-/m0/s1. The second kappa shape index (κ2) is 5.75. The van der Waals surface area contributed by atoms with E-state index in [1.807, 2.05) is 6.92 Å². The van der Waals surface area contributed by atoms with Crippen LogP contribution < -0.4 is 0 Å². The van der Waals surface area contributed by atoms with Crippen molar-refractivity contribution in [3.05, 3.63) is 47.6 Å². The van der Waals surface area contributed by atoms with E-state index in [0.717, 1.165) is 11.5 Å². The van der Waals surface area contributed by atoms with Crippen LogP contribution in [0.5, 0.6) is 0 Å². The minimum atomic E-state index is 0.753. The highest BCUT2D eigenvalue weighted by atomic mass is 14.2. The molecule has 1 aliphatic carbocycles. The van der Waals surface area contributed by atoms with E-state index in [0.29, 0.717) is 0 Å². The summed E-state index contributed by atoms with van der Waals surface area (Å²) in [5.41, 5.74) is 4.16. The second-order valence-electron chi connectivity index (χ2n) is 4.64. The van der Waals surface area contributed by atoms with Crippen LogP contribution in [-0.2, 0) is 0 Å². The van der Waals surface area contributed by atoms with Gasteiger partial charge in [0.1, 0.15) is 0 Å². The maximum Gasteiger partial charge on any atom is -0.0165 e. The summed E-state index contributed by atoms with van der Waals surface area (Å²) in [7, 11) is 0.